The van der Waals surface area contributed by atoms with Crippen LogP contribution in [0.2, 0.25) is 0 Å². The molecular weight excluding hydrogens is 234 g/mol. The summed E-state index contributed by atoms with van der Waals surface area (Å²) >= 11 is 2.99. The fourth-order valence-electron chi connectivity index (χ4n) is 1.20. The minimum atomic E-state index is -0.493. The summed E-state index contributed by atoms with van der Waals surface area (Å²) in [7, 11) is 0. The second-order valence-electron chi connectivity index (χ2n) is 2.82. The van der Waals surface area contributed by atoms with Crippen LogP contribution in [0.15, 0.2) is 16.5 Å². The standard InChI is InChI=1S/C8H7N3O2S2/c1-14-8-10-5-3-6(11(12)13)4(9)2-7(5)15-8/h2-3H,9H2,1H3. The van der Waals surface area contributed by atoms with Crippen molar-refractivity contribution in [2.75, 3.05) is 12.0 Å². The van der Waals surface area contributed by atoms with Gasteiger partial charge in [0, 0.05) is 6.07 Å². The Labute approximate surface area is 93.5 Å². The molecule has 0 radical (unpaired) electrons. The van der Waals surface area contributed by atoms with E-state index in [1.165, 1.54) is 29.2 Å². The number of nitro benzene ring substituents is 1. The van der Waals surface area contributed by atoms with Crippen LogP contribution < -0.4 is 5.73 Å². The number of anilines is 1. The van der Waals surface area contributed by atoms with E-state index in [0.29, 0.717) is 5.52 Å². The summed E-state index contributed by atoms with van der Waals surface area (Å²) < 4.78 is 1.76. The van der Waals surface area contributed by atoms with Gasteiger partial charge < -0.3 is 5.73 Å². The van der Waals surface area contributed by atoms with Crippen LogP contribution in [-0.4, -0.2) is 16.2 Å². The molecule has 1 heterocycles. The summed E-state index contributed by atoms with van der Waals surface area (Å²) in [5, 5.41) is 10.6. The third kappa shape index (κ3) is 1.75. The molecule has 2 aromatic rings. The lowest BCUT2D eigenvalue weighted by Crippen LogP contribution is -1.94. The quantitative estimate of drug-likeness (QED) is 0.378. The summed E-state index contributed by atoms with van der Waals surface area (Å²) in [5.74, 6) is 0. The molecule has 0 aliphatic heterocycles. The summed E-state index contributed by atoms with van der Waals surface area (Å²) in [6.07, 6.45) is 1.91. The van der Waals surface area contributed by atoms with Crippen LogP contribution in [0.5, 0.6) is 0 Å². The summed E-state index contributed by atoms with van der Waals surface area (Å²) in [6.45, 7) is 0. The largest absolute Gasteiger partial charge is 0.393 e. The first-order valence-corrected chi connectivity index (χ1v) is 6.04. The molecule has 0 aliphatic rings. The number of thioether (sulfide) groups is 1. The Bertz CT molecular complexity index is 538. The average Bonchev–Trinajstić information content (AvgIpc) is 2.58. The molecule has 15 heavy (non-hydrogen) atoms. The smallest absolute Gasteiger partial charge is 0.294 e. The first-order valence-electron chi connectivity index (χ1n) is 4.00. The lowest BCUT2D eigenvalue weighted by Gasteiger charge is -1.95. The maximum absolute atomic E-state index is 10.6. The number of nitrogens with zero attached hydrogens (tertiary/aromatic N) is 2. The predicted molar refractivity (Wildman–Crippen MR) is 62.5 cm³/mol. The van der Waals surface area contributed by atoms with Crippen LogP contribution in [0.25, 0.3) is 10.2 Å². The van der Waals surface area contributed by atoms with Gasteiger partial charge in [0.15, 0.2) is 4.34 Å². The molecule has 0 spiro atoms. The molecule has 1 aromatic heterocycles. The van der Waals surface area contributed by atoms with Gasteiger partial charge in [0.05, 0.1) is 15.1 Å². The molecule has 0 unspecified atom stereocenters. The lowest BCUT2D eigenvalue weighted by atomic mass is 10.2. The average molecular weight is 241 g/mol. The number of thiazole rings is 1. The molecule has 0 saturated heterocycles. The molecule has 0 amide bonds. The molecule has 1 aromatic carbocycles. The Morgan fingerprint density at radius 1 is 1.60 bits per heavy atom. The molecule has 78 valence electrons. The van der Waals surface area contributed by atoms with Crippen LogP contribution in [0.1, 0.15) is 0 Å². The van der Waals surface area contributed by atoms with Crippen molar-refractivity contribution in [1.29, 1.82) is 0 Å². The Kier molecular flexibility index (Phi) is 2.49. The molecule has 2 rings (SSSR count). The van der Waals surface area contributed by atoms with Crippen molar-refractivity contribution < 1.29 is 4.92 Å². The molecule has 0 fully saturated rings. The third-order valence-electron chi connectivity index (χ3n) is 1.89. The van der Waals surface area contributed by atoms with E-state index < -0.39 is 4.92 Å². The number of rotatable bonds is 2. The number of hydrogen-bond acceptors (Lipinski definition) is 6. The number of fused-ring (bicyclic) bond motifs is 1. The van der Waals surface area contributed by atoms with Gasteiger partial charge in [-0.25, -0.2) is 4.98 Å². The van der Waals surface area contributed by atoms with Gasteiger partial charge >= 0.3 is 0 Å². The van der Waals surface area contributed by atoms with Gasteiger partial charge in [-0.2, -0.15) is 0 Å². The van der Waals surface area contributed by atoms with E-state index >= 15 is 0 Å². The minimum absolute atomic E-state index is 0.0829. The van der Waals surface area contributed by atoms with Crippen LogP contribution in [0, 0.1) is 10.1 Å². The molecular formula is C8H7N3O2S2. The van der Waals surface area contributed by atoms with Gasteiger partial charge in [0.25, 0.3) is 5.69 Å². The highest BCUT2D eigenvalue weighted by molar-refractivity contribution is 8.00. The second kappa shape index (κ2) is 3.67. The van der Waals surface area contributed by atoms with Crippen molar-refractivity contribution in [2.24, 2.45) is 0 Å². The highest BCUT2D eigenvalue weighted by Crippen LogP contribution is 2.33. The number of benzene rings is 1. The van der Waals surface area contributed by atoms with Crippen LogP contribution in [0.4, 0.5) is 11.4 Å². The van der Waals surface area contributed by atoms with Crippen LogP contribution in [0.3, 0.4) is 0 Å². The van der Waals surface area contributed by atoms with E-state index in [1.807, 2.05) is 6.26 Å². The maximum Gasteiger partial charge on any atom is 0.294 e. The number of nitrogen functional groups attached to an aromatic ring is 1. The fraction of sp³-hybridized carbons (Fsp3) is 0.125. The topological polar surface area (TPSA) is 82.0 Å². The Morgan fingerprint density at radius 2 is 2.33 bits per heavy atom. The van der Waals surface area contributed by atoms with Gasteiger partial charge in [-0.3, -0.25) is 10.1 Å². The van der Waals surface area contributed by atoms with Gasteiger partial charge in [-0.1, -0.05) is 11.8 Å². The van der Waals surface area contributed by atoms with Gasteiger partial charge in [-0.15, -0.1) is 11.3 Å². The van der Waals surface area contributed by atoms with E-state index in [0.717, 1.165) is 9.04 Å². The molecule has 2 N–H and O–H groups in total. The first kappa shape index (κ1) is 10.2. The predicted octanol–water partition coefficient (Wildman–Crippen LogP) is 2.51. The number of hydrogen-bond donors (Lipinski definition) is 1. The van der Waals surface area contributed by atoms with E-state index in [-0.39, 0.29) is 11.4 Å². The van der Waals surface area contributed by atoms with E-state index in [4.69, 9.17) is 5.73 Å². The molecule has 0 aliphatic carbocycles. The SMILES string of the molecule is CSc1nc2cc([N+](=O)[O-])c(N)cc2s1. The van der Waals surface area contributed by atoms with E-state index in [2.05, 4.69) is 4.98 Å². The molecule has 7 heteroatoms. The normalized spacial score (nSPS) is 10.7. The van der Waals surface area contributed by atoms with Gasteiger partial charge in [0.2, 0.25) is 0 Å². The highest BCUT2D eigenvalue weighted by Gasteiger charge is 2.14. The van der Waals surface area contributed by atoms with E-state index in [1.54, 1.807) is 6.07 Å². The molecule has 5 nitrogen and oxygen atoms in total. The van der Waals surface area contributed by atoms with Gasteiger partial charge in [-0.05, 0) is 12.3 Å². The monoisotopic (exact) mass is 241 g/mol. The van der Waals surface area contributed by atoms with Crippen molar-refractivity contribution in [3.05, 3.63) is 22.2 Å². The lowest BCUT2D eigenvalue weighted by molar-refractivity contribution is -0.383. The zero-order chi connectivity index (χ0) is 11.0. The second-order valence-corrected chi connectivity index (χ2v) is 4.90. The van der Waals surface area contributed by atoms with Crippen molar-refractivity contribution in [3.8, 4) is 0 Å². The summed E-state index contributed by atoms with van der Waals surface area (Å²) in [4.78, 5) is 14.4. The fourth-order valence-corrected chi connectivity index (χ4v) is 2.72. The number of nitro groups is 1. The molecule has 0 bridgehead atoms. The molecule has 0 atom stereocenters. The zero-order valence-corrected chi connectivity index (χ0v) is 9.39. The summed E-state index contributed by atoms with van der Waals surface area (Å²) in [5.41, 5.74) is 6.30. The van der Waals surface area contributed by atoms with Crippen molar-refractivity contribution >= 4 is 44.7 Å². The van der Waals surface area contributed by atoms with Gasteiger partial charge in [0.1, 0.15) is 5.69 Å². The number of nitrogens with two attached hydrogens (primary N) is 1. The first-order chi connectivity index (χ1) is 7.11. The van der Waals surface area contributed by atoms with Crippen LogP contribution >= 0.6 is 23.1 Å². The van der Waals surface area contributed by atoms with Crippen LogP contribution in [-0.2, 0) is 0 Å². The Morgan fingerprint density at radius 3 is 2.93 bits per heavy atom. The van der Waals surface area contributed by atoms with Crippen molar-refractivity contribution in [1.82, 2.24) is 4.98 Å². The summed E-state index contributed by atoms with van der Waals surface area (Å²) in [6, 6.07) is 3.02. The molecule has 0 saturated carbocycles. The van der Waals surface area contributed by atoms with Crippen molar-refractivity contribution in [2.45, 2.75) is 4.34 Å². The van der Waals surface area contributed by atoms with E-state index in [9.17, 15) is 10.1 Å². The highest BCUT2D eigenvalue weighted by atomic mass is 32.2. The third-order valence-corrected chi connectivity index (χ3v) is 3.89. The Hall–Kier alpha value is -1.34. The minimum Gasteiger partial charge on any atom is -0.393 e. The zero-order valence-electron chi connectivity index (χ0n) is 7.76. The van der Waals surface area contributed by atoms with Crippen molar-refractivity contribution in [3.63, 3.8) is 0 Å². The Balaban J connectivity index is 2.68. The number of aromatic nitrogens is 1. The maximum atomic E-state index is 10.6.